The van der Waals surface area contributed by atoms with Crippen LogP contribution in [0.3, 0.4) is 0 Å². The number of benzene rings is 1. The van der Waals surface area contributed by atoms with Gasteiger partial charge in [0.2, 0.25) is 5.89 Å². The van der Waals surface area contributed by atoms with E-state index < -0.39 is 5.97 Å². The number of hydrogen-bond acceptors (Lipinski definition) is 5. The topological polar surface area (TPSA) is 65.5 Å². The van der Waals surface area contributed by atoms with Gasteiger partial charge in [-0.2, -0.15) is 0 Å². The van der Waals surface area contributed by atoms with E-state index in [0.29, 0.717) is 22.9 Å². The third-order valence-electron chi connectivity index (χ3n) is 3.00. The molecule has 5 heteroatoms. The van der Waals surface area contributed by atoms with E-state index in [9.17, 15) is 4.79 Å². The van der Waals surface area contributed by atoms with Crippen LogP contribution in [0, 0.1) is 6.92 Å². The van der Waals surface area contributed by atoms with Crippen molar-refractivity contribution in [2.75, 3.05) is 0 Å². The van der Waals surface area contributed by atoms with Gasteiger partial charge < -0.3 is 13.6 Å². The van der Waals surface area contributed by atoms with Crippen LogP contribution in [-0.2, 0) is 11.3 Å². The molecule has 0 aliphatic rings. The molecule has 0 aliphatic carbocycles. The van der Waals surface area contributed by atoms with Crippen molar-refractivity contribution >= 4 is 5.97 Å². The molecule has 2 aromatic heterocycles. The molecule has 0 saturated carbocycles. The van der Waals surface area contributed by atoms with Crippen LogP contribution in [0.4, 0.5) is 0 Å². The maximum atomic E-state index is 11.8. The molecule has 0 radical (unpaired) electrons. The number of carbonyl (C=O) groups excluding carboxylic acids is 1. The molecule has 0 fully saturated rings. The normalized spacial score (nSPS) is 10.5. The van der Waals surface area contributed by atoms with Crippen molar-refractivity contribution in [1.29, 1.82) is 0 Å². The second-order valence-corrected chi connectivity index (χ2v) is 4.48. The molecule has 0 unspecified atom stereocenters. The largest absolute Gasteiger partial charge is 0.469 e. The number of ether oxygens (including phenoxy) is 1. The second kappa shape index (κ2) is 5.66. The van der Waals surface area contributed by atoms with Crippen molar-refractivity contribution in [3.63, 3.8) is 0 Å². The summed E-state index contributed by atoms with van der Waals surface area (Å²) in [5.74, 6) is 0.594. The van der Waals surface area contributed by atoms with Crippen LogP contribution in [0.2, 0.25) is 0 Å². The highest BCUT2D eigenvalue weighted by atomic mass is 16.5. The summed E-state index contributed by atoms with van der Waals surface area (Å²) < 4.78 is 15.6. The molecule has 3 aromatic rings. The minimum atomic E-state index is -0.439. The highest BCUT2D eigenvalue weighted by Crippen LogP contribution is 2.18. The minimum Gasteiger partial charge on any atom is -0.469 e. The van der Waals surface area contributed by atoms with Crippen molar-refractivity contribution in [3.05, 3.63) is 65.9 Å². The quantitative estimate of drug-likeness (QED) is 0.684. The Morgan fingerprint density at radius 1 is 1.19 bits per heavy atom. The van der Waals surface area contributed by atoms with Gasteiger partial charge >= 0.3 is 5.97 Å². The number of oxazole rings is 1. The zero-order valence-corrected chi connectivity index (χ0v) is 11.4. The summed E-state index contributed by atoms with van der Waals surface area (Å²) >= 11 is 0. The van der Waals surface area contributed by atoms with Crippen molar-refractivity contribution in [2.24, 2.45) is 0 Å². The first kappa shape index (κ1) is 13.2. The number of nitrogens with zero attached hydrogens (tertiary/aromatic N) is 1. The lowest BCUT2D eigenvalue weighted by molar-refractivity contribution is 0.0466. The molecule has 0 bridgehead atoms. The first-order chi connectivity index (χ1) is 10.2. The van der Waals surface area contributed by atoms with Crippen LogP contribution in [0.5, 0.6) is 0 Å². The highest BCUT2D eigenvalue weighted by Gasteiger charge is 2.14. The average Bonchev–Trinajstić information content (AvgIpc) is 3.15. The summed E-state index contributed by atoms with van der Waals surface area (Å²) in [6.07, 6.45) is 2.94. The predicted molar refractivity (Wildman–Crippen MR) is 74.5 cm³/mol. The van der Waals surface area contributed by atoms with Gasteiger partial charge in [-0.15, -0.1) is 0 Å². The SMILES string of the molecule is Cc1occc1C(=O)OCc1coc(-c2ccccc2)n1. The van der Waals surface area contributed by atoms with Gasteiger partial charge in [-0.25, -0.2) is 9.78 Å². The van der Waals surface area contributed by atoms with Crippen molar-refractivity contribution in [2.45, 2.75) is 13.5 Å². The molecule has 2 heterocycles. The summed E-state index contributed by atoms with van der Waals surface area (Å²) in [6.45, 7) is 1.76. The number of rotatable bonds is 4. The van der Waals surface area contributed by atoms with Gasteiger partial charge in [0.15, 0.2) is 0 Å². The van der Waals surface area contributed by atoms with E-state index in [1.165, 1.54) is 12.5 Å². The van der Waals surface area contributed by atoms with E-state index in [4.69, 9.17) is 13.6 Å². The molecule has 0 aliphatic heterocycles. The Morgan fingerprint density at radius 3 is 2.71 bits per heavy atom. The lowest BCUT2D eigenvalue weighted by Crippen LogP contribution is -2.05. The van der Waals surface area contributed by atoms with Crippen molar-refractivity contribution in [1.82, 2.24) is 4.98 Å². The molecule has 0 spiro atoms. The fourth-order valence-electron chi connectivity index (χ4n) is 1.90. The zero-order chi connectivity index (χ0) is 14.7. The van der Waals surface area contributed by atoms with E-state index in [1.807, 2.05) is 30.3 Å². The summed E-state index contributed by atoms with van der Waals surface area (Å²) in [4.78, 5) is 16.1. The number of aromatic nitrogens is 1. The molecule has 0 amide bonds. The van der Waals surface area contributed by atoms with Crippen LogP contribution in [0.25, 0.3) is 11.5 Å². The first-order valence-corrected chi connectivity index (χ1v) is 6.45. The van der Waals surface area contributed by atoms with E-state index in [1.54, 1.807) is 13.0 Å². The molecule has 1 aromatic carbocycles. The van der Waals surface area contributed by atoms with Gasteiger partial charge in [0.05, 0.1) is 6.26 Å². The summed E-state index contributed by atoms with van der Waals surface area (Å²) in [5.41, 5.74) is 1.85. The van der Waals surface area contributed by atoms with Crippen LogP contribution in [-0.4, -0.2) is 11.0 Å². The Bertz CT molecular complexity index is 742. The number of esters is 1. The van der Waals surface area contributed by atoms with E-state index in [0.717, 1.165) is 5.56 Å². The fourth-order valence-corrected chi connectivity index (χ4v) is 1.90. The molecular formula is C16H13NO4. The van der Waals surface area contributed by atoms with Crippen LogP contribution < -0.4 is 0 Å². The van der Waals surface area contributed by atoms with Gasteiger partial charge in [0.1, 0.15) is 29.9 Å². The Morgan fingerprint density at radius 2 is 2.00 bits per heavy atom. The summed E-state index contributed by atoms with van der Waals surface area (Å²) in [5, 5.41) is 0. The summed E-state index contributed by atoms with van der Waals surface area (Å²) in [6, 6.07) is 11.1. The molecule has 3 rings (SSSR count). The lowest BCUT2D eigenvalue weighted by Gasteiger charge is -2.00. The Hall–Kier alpha value is -2.82. The minimum absolute atomic E-state index is 0.0553. The van der Waals surface area contributed by atoms with E-state index in [2.05, 4.69) is 4.98 Å². The Balaban J connectivity index is 1.66. The average molecular weight is 283 g/mol. The highest BCUT2D eigenvalue weighted by molar-refractivity contribution is 5.90. The maximum Gasteiger partial charge on any atom is 0.342 e. The summed E-state index contributed by atoms with van der Waals surface area (Å²) in [7, 11) is 0. The maximum absolute atomic E-state index is 11.8. The molecular weight excluding hydrogens is 270 g/mol. The standard InChI is InChI=1S/C16H13NO4/c1-11-14(7-8-19-11)16(18)21-10-13-9-20-15(17-13)12-5-3-2-4-6-12/h2-9H,10H2,1H3. The molecule has 0 N–H and O–H groups in total. The zero-order valence-electron chi connectivity index (χ0n) is 11.4. The van der Waals surface area contributed by atoms with Crippen molar-refractivity contribution < 1.29 is 18.4 Å². The fraction of sp³-hybridized carbons (Fsp3) is 0.125. The lowest BCUT2D eigenvalue weighted by atomic mass is 10.2. The van der Waals surface area contributed by atoms with Gasteiger partial charge in [-0.05, 0) is 25.1 Å². The molecule has 21 heavy (non-hydrogen) atoms. The molecule has 0 atom stereocenters. The monoisotopic (exact) mass is 283 g/mol. The molecule has 5 nitrogen and oxygen atoms in total. The van der Waals surface area contributed by atoms with E-state index >= 15 is 0 Å². The number of hydrogen-bond donors (Lipinski definition) is 0. The first-order valence-electron chi connectivity index (χ1n) is 6.45. The van der Waals surface area contributed by atoms with Crippen LogP contribution >= 0.6 is 0 Å². The van der Waals surface area contributed by atoms with Crippen LogP contribution in [0.1, 0.15) is 21.8 Å². The number of carbonyl (C=O) groups is 1. The smallest absolute Gasteiger partial charge is 0.342 e. The third kappa shape index (κ3) is 2.86. The van der Waals surface area contributed by atoms with E-state index in [-0.39, 0.29) is 6.61 Å². The Kier molecular flexibility index (Phi) is 3.55. The van der Waals surface area contributed by atoms with Gasteiger partial charge in [-0.1, -0.05) is 18.2 Å². The van der Waals surface area contributed by atoms with Crippen molar-refractivity contribution in [3.8, 4) is 11.5 Å². The third-order valence-corrected chi connectivity index (χ3v) is 3.00. The second-order valence-electron chi connectivity index (χ2n) is 4.48. The number of aryl methyl sites for hydroxylation is 1. The van der Waals surface area contributed by atoms with Gasteiger partial charge in [0.25, 0.3) is 0 Å². The van der Waals surface area contributed by atoms with Gasteiger partial charge in [0, 0.05) is 5.56 Å². The molecule has 106 valence electrons. The number of furan rings is 1. The predicted octanol–water partition coefficient (Wildman–Crippen LogP) is 3.60. The van der Waals surface area contributed by atoms with Gasteiger partial charge in [-0.3, -0.25) is 0 Å². The Labute approximate surface area is 121 Å². The van der Waals surface area contributed by atoms with Crippen LogP contribution in [0.15, 0.2) is 57.8 Å². The molecule has 0 saturated heterocycles.